The van der Waals surface area contributed by atoms with Gasteiger partial charge >= 0.3 is 0 Å². The van der Waals surface area contributed by atoms with Gasteiger partial charge in [0.1, 0.15) is 22.8 Å². The number of phenolic OH excluding ortho intramolecular Hbond substituents is 1. The van der Waals surface area contributed by atoms with Crippen LogP contribution in [0.3, 0.4) is 0 Å². The van der Waals surface area contributed by atoms with Crippen molar-refractivity contribution >= 4 is 23.2 Å². The molecule has 1 amide bonds. The van der Waals surface area contributed by atoms with Crippen molar-refractivity contribution in [2.45, 2.75) is 24.5 Å². The summed E-state index contributed by atoms with van der Waals surface area (Å²) in [6.07, 6.45) is 0.382. The number of hydrogen-bond donors (Lipinski definition) is 5. The Morgan fingerprint density at radius 2 is 1.86 bits per heavy atom. The Balaban J connectivity index is 1.58. The molecule has 3 aliphatic carbocycles. The second kappa shape index (κ2) is 9.25. The van der Waals surface area contributed by atoms with Gasteiger partial charge in [0.25, 0.3) is 5.91 Å². The number of aliphatic hydroxyl groups excluding tert-OH is 2. The zero-order chi connectivity index (χ0) is 26.6. The lowest BCUT2D eigenvalue weighted by molar-refractivity contribution is -0.156. The molecule has 11 nitrogen and oxygen atoms in total. The maximum Gasteiger partial charge on any atom is 0.255 e. The summed E-state index contributed by atoms with van der Waals surface area (Å²) >= 11 is 0. The van der Waals surface area contributed by atoms with Gasteiger partial charge in [0, 0.05) is 51.3 Å². The minimum atomic E-state index is -2.63. The normalized spacial score (nSPS) is 30.7. The number of nitrogens with zero attached hydrogens (tertiary/aromatic N) is 2. The third kappa shape index (κ3) is 3.76. The molecule has 11 heteroatoms. The van der Waals surface area contributed by atoms with Gasteiger partial charge in [-0.2, -0.15) is 0 Å². The standard InChI is InChI=1S/C26H31N3O8/c1-37-10-9-28-5-7-29(8-6-28)20-15-12-14-11-13-3-2-4-16(30)17(13)21(31)18(14)23(33)26(15,36)24(34)19(22(20)32)25(27)35/h2-4,14-15,20,30-31,34,36H,5-12H2,1H3,(H2,27,35). The molecule has 37 heavy (non-hydrogen) atoms. The van der Waals surface area contributed by atoms with Crippen LogP contribution < -0.4 is 5.73 Å². The predicted octanol–water partition coefficient (Wildman–Crippen LogP) is -0.334. The minimum absolute atomic E-state index is 0.0904. The van der Waals surface area contributed by atoms with E-state index in [9.17, 15) is 34.8 Å². The number of ether oxygens (including phenoxy) is 1. The van der Waals surface area contributed by atoms with E-state index in [1.54, 1.807) is 19.2 Å². The summed E-state index contributed by atoms with van der Waals surface area (Å²) in [5.74, 6) is -6.35. The van der Waals surface area contributed by atoms with E-state index in [0.29, 0.717) is 51.3 Å². The number of aliphatic hydroxyl groups is 3. The van der Waals surface area contributed by atoms with Crippen LogP contribution in [-0.4, -0.2) is 106 Å². The van der Waals surface area contributed by atoms with Gasteiger partial charge in [-0.15, -0.1) is 0 Å². The van der Waals surface area contributed by atoms with Gasteiger partial charge in [-0.05, 0) is 30.4 Å². The highest BCUT2D eigenvalue weighted by molar-refractivity contribution is 6.24. The number of carbonyl (C=O) groups excluding carboxylic acids is 3. The van der Waals surface area contributed by atoms with Crippen LogP contribution in [-0.2, 0) is 25.5 Å². The van der Waals surface area contributed by atoms with Crippen LogP contribution in [0.2, 0.25) is 0 Å². The number of fused-ring (bicyclic) bond motifs is 3. The topological polar surface area (TPSA) is 174 Å². The molecule has 0 radical (unpaired) electrons. The molecule has 1 heterocycles. The molecule has 1 aliphatic heterocycles. The number of ketones is 2. The van der Waals surface area contributed by atoms with Crippen LogP contribution in [0.4, 0.5) is 0 Å². The minimum Gasteiger partial charge on any atom is -0.508 e. The molecular weight excluding hydrogens is 482 g/mol. The highest BCUT2D eigenvalue weighted by atomic mass is 16.5. The number of rotatable bonds is 5. The third-order valence-corrected chi connectivity index (χ3v) is 8.31. The van der Waals surface area contributed by atoms with Crippen LogP contribution in [0.25, 0.3) is 5.76 Å². The number of benzene rings is 1. The van der Waals surface area contributed by atoms with Gasteiger partial charge in [0.2, 0.25) is 5.78 Å². The quantitative estimate of drug-likeness (QED) is 0.328. The number of nitrogens with two attached hydrogens (primary N) is 1. The lowest BCUT2D eigenvalue weighted by Crippen LogP contribution is -2.68. The number of Topliss-reactive ketones (excluding diaryl/α,β-unsaturated/α-hetero) is 2. The number of piperazine rings is 1. The molecule has 4 unspecified atom stereocenters. The van der Waals surface area contributed by atoms with E-state index < -0.39 is 58.0 Å². The van der Waals surface area contributed by atoms with Gasteiger partial charge in [-0.25, -0.2) is 0 Å². The molecule has 5 rings (SSSR count). The average Bonchev–Trinajstić information content (AvgIpc) is 2.85. The maximum atomic E-state index is 13.9. The van der Waals surface area contributed by atoms with Crippen LogP contribution in [0.1, 0.15) is 17.5 Å². The molecule has 0 spiro atoms. The molecule has 0 bridgehead atoms. The van der Waals surface area contributed by atoms with Crippen molar-refractivity contribution in [3.05, 3.63) is 46.2 Å². The van der Waals surface area contributed by atoms with E-state index in [1.165, 1.54) is 6.07 Å². The zero-order valence-electron chi connectivity index (χ0n) is 20.5. The predicted molar refractivity (Wildman–Crippen MR) is 130 cm³/mol. The Morgan fingerprint density at radius 1 is 1.16 bits per heavy atom. The summed E-state index contributed by atoms with van der Waals surface area (Å²) in [5.41, 5.74) is 2.62. The SMILES string of the molecule is COCCN1CCN(C2C(=O)C(C(N)=O)=C(O)C3(O)C(=O)C4=C(O)c5c(O)cccc5CC4CC23)CC1. The number of amides is 1. The van der Waals surface area contributed by atoms with Crippen molar-refractivity contribution in [1.29, 1.82) is 0 Å². The highest BCUT2D eigenvalue weighted by Gasteiger charge is 2.64. The van der Waals surface area contributed by atoms with Crippen molar-refractivity contribution < 1.29 is 39.5 Å². The van der Waals surface area contributed by atoms with Crippen molar-refractivity contribution in [2.24, 2.45) is 17.6 Å². The second-order valence-electron chi connectivity index (χ2n) is 10.2. The number of phenols is 1. The fourth-order valence-electron chi connectivity index (χ4n) is 6.49. The van der Waals surface area contributed by atoms with Crippen LogP contribution in [0, 0.1) is 11.8 Å². The molecule has 1 saturated carbocycles. The Bertz CT molecular complexity index is 1230. The Hall–Kier alpha value is -3.25. The molecule has 1 aromatic rings. The third-order valence-electron chi connectivity index (χ3n) is 8.31. The number of primary amides is 1. The second-order valence-corrected chi connectivity index (χ2v) is 10.2. The lowest BCUT2D eigenvalue weighted by atomic mass is 9.57. The summed E-state index contributed by atoms with van der Waals surface area (Å²) in [5, 5.41) is 44.2. The monoisotopic (exact) mass is 513 g/mol. The van der Waals surface area contributed by atoms with Crippen molar-refractivity contribution in [1.82, 2.24) is 9.80 Å². The zero-order valence-corrected chi connectivity index (χ0v) is 20.5. The smallest absolute Gasteiger partial charge is 0.255 e. The summed E-state index contributed by atoms with van der Waals surface area (Å²) in [4.78, 5) is 43.8. The fraction of sp³-hybridized carbons (Fsp3) is 0.500. The van der Waals surface area contributed by atoms with E-state index in [2.05, 4.69) is 4.90 Å². The molecule has 0 aromatic heterocycles. The summed E-state index contributed by atoms with van der Waals surface area (Å²) in [6.45, 7) is 3.35. The Morgan fingerprint density at radius 3 is 2.51 bits per heavy atom. The van der Waals surface area contributed by atoms with Crippen LogP contribution >= 0.6 is 0 Å². The molecule has 198 valence electrons. The van der Waals surface area contributed by atoms with Gasteiger partial charge in [-0.3, -0.25) is 24.2 Å². The number of aromatic hydroxyl groups is 1. The largest absolute Gasteiger partial charge is 0.508 e. The first-order valence-electron chi connectivity index (χ1n) is 12.4. The van der Waals surface area contributed by atoms with Gasteiger partial charge in [0.15, 0.2) is 11.4 Å². The fourth-order valence-corrected chi connectivity index (χ4v) is 6.49. The van der Waals surface area contributed by atoms with Crippen molar-refractivity contribution in [3.8, 4) is 5.75 Å². The highest BCUT2D eigenvalue weighted by Crippen LogP contribution is 2.52. The lowest BCUT2D eigenvalue weighted by Gasteiger charge is -2.52. The van der Waals surface area contributed by atoms with E-state index in [1.807, 2.05) is 4.90 Å². The summed E-state index contributed by atoms with van der Waals surface area (Å²) < 4.78 is 5.14. The van der Waals surface area contributed by atoms with E-state index >= 15 is 0 Å². The Kier molecular flexibility index (Phi) is 6.35. The molecule has 6 N–H and O–H groups in total. The molecule has 4 aliphatic rings. The Labute approximate surface area is 213 Å². The van der Waals surface area contributed by atoms with E-state index in [-0.39, 0.29) is 23.3 Å². The van der Waals surface area contributed by atoms with E-state index in [4.69, 9.17) is 10.5 Å². The number of carbonyl (C=O) groups is 3. The summed E-state index contributed by atoms with van der Waals surface area (Å²) in [6, 6.07) is 3.69. The maximum absolute atomic E-state index is 13.9. The molecule has 1 saturated heterocycles. The average molecular weight is 514 g/mol. The first kappa shape index (κ1) is 25.4. The van der Waals surface area contributed by atoms with Crippen molar-refractivity contribution in [3.63, 3.8) is 0 Å². The number of methoxy groups -OCH3 is 1. The molecule has 2 fully saturated rings. The first-order chi connectivity index (χ1) is 17.6. The first-order valence-corrected chi connectivity index (χ1v) is 12.4. The van der Waals surface area contributed by atoms with Crippen LogP contribution in [0.5, 0.6) is 5.75 Å². The molecule has 4 atom stereocenters. The molecule has 1 aromatic carbocycles. The van der Waals surface area contributed by atoms with Crippen molar-refractivity contribution in [2.75, 3.05) is 46.4 Å². The molecular formula is C26H31N3O8. The van der Waals surface area contributed by atoms with Crippen LogP contribution in [0.15, 0.2) is 35.1 Å². The van der Waals surface area contributed by atoms with E-state index in [0.717, 1.165) is 0 Å². The summed E-state index contributed by atoms with van der Waals surface area (Å²) in [7, 11) is 1.62. The van der Waals surface area contributed by atoms with Gasteiger partial charge < -0.3 is 30.9 Å². The van der Waals surface area contributed by atoms with Gasteiger partial charge in [0.05, 0.1) is 18.2 Å². The number of hydrogen-bond acceptors (Lipinski definition) is 10. The van der Waals surface area contributed by atoms with Gasteiger partial charge in [-0.1, -0.05) is 12.1 Å².